The number of morpholine rings is 1. The van der Waals surface area contributed by atoms with Crippen molar-refractivity contribution in [3.8, 4) is 0 Å². The molecule has 0 aromatic heterocycles. The number of rotatable bonds is 8. The predicted molar refractivity (Wildman–Crippen MR) is 139 cm³/mol. The summed E-state index contributed by atoms with van der Waals surface area (Å²) in [6.45, 7) is 3.97. The molecule has 0 radical (unpaired) electrons. The van der Waals surface area contributed by atoms with Crippen molar-refractivity contribution in [1.82, 2.24) is 4.90 Å². The van der Waals surface area contributed by atoms with E-state index in [0.29, 0.717) is 12.1 Å². The molecule has 0 spiro atoms. The van der Waals surface area contributed by atoms with Gasteiger partial charge >= 0.3 is 0 Å². The number of nitrogens with zero attached hydrogens (tertiary/aromatic N) is 1. The van der Waals surface area contributed by atoms with Gasteiger partial charge in [-0.3, -0.25) is 9.62 Å². The van der Waals surface area contributed by atoms with Crippen molar-refractivity contribution in [2.45, 2.75) is 36.4 Å². The normalized spacial score (nSPS) is 23.0. The zero-order valence-electron chi connectivity index (χ0n) is 20.5. The lowest BCUT2D eigenvalue weighted by atomic mass is 9.99. The van der Waals surface area contributed by atoms with Gasteiger partial charge in [-0.05, 0) is 35.4 Å². The van der Waals surface area contributed by atoms with Crippen LogP contribution in [0.4, 0.5) is 5.69 Å². The van der Waals surface area contributed by atoms with E-state index in [4.69, 9.17) is 14.2 Å². The summed E-state index contributed by atoms with van der Waals surface area (Å²) in [4.78, 5) is 2.56. The van der Waals surface area contributed by atoms with Crippen LogP contribution in [0, 0.1) is 0 Å². The van der Waals surface area contributed by atoms with Crippen molar-refractivity contribution in [3.05, 3.63) is 95.6 Å². The van der Waals surface area contributed by atoms with Crippen molar-refractivity contribution in [1.29, 1.82) is 0 Å². The van der Waals surface area contributed by atoms with Gasteiger partial charge in [0.15, 0.2) is 6.29 Å². The monoisotopic (exact) mass is 524 g/mol. The number of hydrogen-bond acceptors (Lipinski definition) is 7. The maximum absolute atomic E-state index is 12.7. The molecule has 2 aliphatic heterocycles. The van der Waals surface area contributed by atoms with Crippen LogP contribution in [-0.2, 0) is 30.8 Å². The summed E-state index contributed by atoms with van der Waals surface area (Å²) in [6.07, 6.45) is -0.104. The summed E-state index contributed by atoms with van der Waals surface area (Å²) in [6, 6.07) is 23.2. The summed E-state index contributed by atoms with van der Waals surface area (Å²) in [5.41, 5.74) is 3.16. The molecule has 8 nitrogen and oxygen atoms in total. The average Bonchev–Trinajstić information content (AvgIpc) is 2.94. The fourth-order valence-corrected chi connectivity index (χ4v) is 5.71. The Morgan fingerprint density at radius 2 is 1.54 bits per heavy atom. The third kappa shape index (κ3) is 6.56. The molecule has 196 valence electrons. The molecule has 0 aliphatic carbocycles. The minimum absolute atomic E-state index is 0.00241. The fourth-order valence-electron chi connectivity index (χ4n) is 4.63. The van der Waals surface area contributed by atoms with Crippen LogP contribution in [0.1, 0.15) is 35.5 Å². The molecule has 2 aliphatic rings. The van der Waals surface area contributed by atoms with E-state index >= 15 is 0 Å². The molecular weight excluding hydrogens is 492 g/mol. The van der Waals surface area contributed by atoms with Gasteiger partial charge in [-0.1, -0.05) is 54.6 Å². The van der Waals surface area contributed by atoms with Crippen molar-refractivity contribution < 1.29 is 27.7 Å². The molecule has 2 saturated heterocycles. The van der Waals surface area contributed by atoms with E-state index in [1.165, 1.54) is 0 Å². The Labute approximate surface area is 217 Å². The lowest BCUT2D eigenvalue weighted by Gasteiger charge is -2.39. The van der Waals surface area contributed by atoms with Crippen LogP contribution >= 0.6 is 0 Å². The molecule has 3 aromatic carbocycles. The van der Waals surface area contributed by atoms with Crippen LogP contribution in [0.25, 0.3) is 0 Å². The van der Waals surface area contributed by atoms with E-state index in [1.807, 2.05) is 36.4 Å². The van der Waals surface area contributed by atoms with Gasteiger partial charge in [0.05, 0.1) is 36.9 Å². The number of aliphatic hydroxyl groups is 1. The molecule has 2 heterocycles. The molecule has 0 amide bonds. The highest BCUT2D eigenvalue weighted by Gasteiger charge is 2.33. The van der Waals surface area contributed by atoms with E-state index in [0.717, 1.165) is 49.5 Å². The standard InChI is InChI=1S/C28H32N2O6S/c31-20-21-6-8-22(9-7-21)27-18-25(19-30-14-16-34-17-15-30)35-28(36-27)23-10-12-24(13-11-23)29-37(32,33)26-4-2-1-3-5-26/h1-13,25,27-29,31H,14-20H2/t25-,27+,28+/m1/s1. The first-order valence-corrected chi connectivity index (χ1v) is 14.0. The Morgan fingerprint density at radius 1 is 0.865 bits per heavy atom. The molecule has 9 heteroatoms. The molecule has 37 heavy (non-hydrogen) atoms. The topological polar surface area (TPSA) is 97.3 Å². The van der Waals surface area contributed by atoms with Crippen LogP contribution in [-0.4, -0.2) is 57.4 Å². The zero-order valence-corrected chi connectivity index (χ0v) is 21.3. The third-order valence-corrected chi connectivity index (χ3v) is 8.07. The van der Waals surface area contributed by atoms with Crippen molar-refractivity contribution in [2.24, 2.45) is 0 Å². The van der Waals surface area contributed by atoms with Crippen molar-refractivity contribution >= 4 is 15.7 Å². The first-order valence-electron chi connectivity index (χ1n) is 12.5. The highest BCUT2D eigenvalue weighted by atomic mass is 32.2. The molecule has 2 N–H and O–H groups in total. The second-order valence-electron chi connectivity index (χ2n) is 9.30. The van der Waals surface area contributed by atoms with Gasteiger partial charge < -0.3 is 19.3 Å². The predicted octanol–water partition coefficient (Wildman–Crippen LogP) is 3.86. The van der Waals surface area contributed by atoms with Gasteiger partial charge in [0.25, 0.3) is 10.0 Å². The van der Waals surface area contributed by atoms with Crippen LogP contribution < -0.4 is 4.72 Å². The van der Waals surface area contributed by atoms with Crippen LogP contribution in [0.2, 0.25) is 0 Å². The van der Waals surface area contributed by atoms with Gasteiger partial charge in [0.1, 0.15) is 0 Å². The first-order chi connectivity index (χ1) is 18.0. The minimum atomic E-state index is -3.67. The summed E-state index contributed by atoms with van der Waals surface area (Å²) < 4.78 is 46.3. The van der Waals surface area contributed by atoms with Crippen LogP contribution in [0.15, 0.2) is 83.8 Å². The second kappa shape index (κ2) is 11.7. The molecule has 0 saturated carbocycles. The number of nitrogens with one attached hydrogen (secondary N) is 1. The van der Waals surface area contributed by atoms with E-state index in [2.05, 4.69) is 9.62 Å². The van der Waals surface area contributed by atoms with Crippen molar-refractivity contribution in [3.63, 3.8) is 0 Å². The first kappa shape index (κ1) is 25.8. The Hall–Kier alpha value is -2.79. The molecule has 3 atom stereocenters. The van der Waals surface area contributed by atoms with Crippen molar-refractivity contribution in [2.75, 3.05) is 37.6 Å². The Kier molecular flexibility index (Phi) is 8.19. The van der Waals surface area contributed by atoms with E-state index in [9.17, 15) is 13.5 Å². The molecule has 5 rings (SSSR count). The summed E-state index contributed by atoms with van der Waals surface area (Å²) >= 11 is 0. The average molecular weight is 525 g/mol. The summed E-state index contributed by atoms with van der Waals surface area (Å²) in [5, 5.41) is 9.40. The smallest absolute Gasteiger partial charge is 0.261 e. The molecule has 2 fully saturated rings. The van der Waals surface area contributed by atoms with Gasteiger partial charge in [-0.2, -0.15) is 0 Å². The number of benzene rings is 3. The highest BCUT2D eigenvalue weighted by molar-refractivity contribution is 7.92. The number of anilines is 1. The van der Waals surface area contributed by atoms with Gasteiger partial charge in [-0.25, -0.2) is 8.42 Å². The maximum atomic E-state index is 12.7. The molecule has 3 aromatic rings. The van der Waals surface area contributed by atoms with E-state index in [1.54, 1.807) is 42.5 Å². The number of aliphatic hydroxyl groups excluding tert-OH is 1. The number of hydrogen-bond donors (Lipinski definition) is 2. The fraction of sp³-hybridized carbons (Fsp3) is 0.357. The summed E-state index contributed by atoms with van der Waals surface area (Å²) in [7, 11) is -3.67. The lowest BCUT2D eigenvalue weighted by Crippen LogP contribution is -2.44. The zero-order chi connectivity index (χ0) is 25.7. The van der Waals surface area contributed by atoms with Gasteiger partial charge in [0, 0.05) is 37.3 Å². The quantitative estimate of drug-likeness (QED) is 0.462. The number of sulfonamides is 1. The number of ether oxygens (including phenoxy) is 3. The maximum Gasteiger partial charge on any atom is 0.261 e. The van der Waals surface area contributed by atoms with Crippen LogP contribution in [0.5, 0.6) is 0 Å². The third-order valence-electron chi connectivity index (χ3n) is 6.67. The van der Waals surface area contributed by atoms with E-state index < -0.39 is 16.3 Å². The Balaban J connectivity index is 1.33. The van der Waals surface area contributed by atoms with Crippen LogP contribution in [0.3, 0.4) is 0 Å². The lowest BCUT2D eigenvalue weighted by molar-refractivity contribution is -0.253. The second-order valence-corrected chi connectivity index (χ2v) is 11.0. The molecular formula is C28H32N2O6S. The highest BCUT2D eigenvalue weighted by Crippen LogP contribution is 2.38. The summed E-state index contributed by atoms with van der Waals surface area (Å²) in [5.74, 6) is 0. The molecule has 0 bridgehead atoms. The Bertz CT molecular complexity index is 1250. The minimum Gasteiger partial charge on any atom is -0.392 e. The van der Waals surface area contributed by atoms with Gasteiger partial charge in [-0.15, -0.1) is 0 Å². The largest absolute Gasteiger partial charge is 0.392 e. The van der Waals surface area contributed by atoms with E-state index in [-0.39, 0.29) is 23.7 Å². The van der Waals surface area contributed by atoms with Gasteiger partial charge in [0.2, 0.25) is 0 Å². The SMILES string of the molecule is O=S(=O)(Nc1ccc([C@H]2O[C@@H](CN3CCOCC3)C[C@@H](c3ccc(CO)cc3)O2)cc1)c1ccccc1. The molecule has 0 unspecified atom stereocenters. The Morgan fingerprint density at radius 3 is 2.22 bits per heavy atom.